The van der Waals surface area contributed by atoms with Crippen molar-refractivity contribution < 1.29 is 24.6 Å². The molecule has 2 aromatic rings. The number of nitrogens with zero attached hydrogens (tertiary/aromatic N) is 1. The van der Waals surface area contributed by atoms with Gasteiger partial charge in [-0.25, -0.2) is 9.59 Å². The molecule has 0 radical (unpaired) electrons. The summed E-state index contributed by atoms with van der Waals surface area (Å²) in [7, 11) is 2.02. The molecule has 1 unspecified atom stereocenters. The average molecular weight is 480 g/mol. The normalized spacial score (nSPS) is 16.7. The van der Waals surface area contributed by atoms with E-state index in [4.69, 9.17) is 33.4 Å². The quantitative estimate of drug-likeness (QED) is 0.476. The van der Waals surface area contributed by atoms with E-state index in [1.54, 1.807) is 18.2 Å². The Balaban J connectivity index is 1.71. The molecule has 4 N–H and O–H groups in total. The fourth-order valence-electron chi connectivity index (χ4n) is 3.78. The molecule has 0 saturated carbocycles. The summed E-state index contributed by atoms with van der Waals surface area (Å²) in [5, 5.41) is 24.0. The molecule has 0 saturated heterocycles. The number of carbonyl (C=O) groups excluding carboxylic acids is 1. The average Bonchev–Trinajstić information content (AvgIpc) is 2.71. The van der Waals surface area contributed by atoms with Crippen molar-refractivity contribution in [3.05, 3.63) is 63.1 Å². The van der Waals surface area contributed by atoms with Gasteiger partial charge in [-0.05, 0) is 54.4 Å². The fourth-order valence-corrected chi connectivity index (χ4v) is 4.35. The van der Waals surface area contributed by atoms with Crippen molar-refractivity contribution in [3.63, 3.8) is 0 Å². The molecule has 0 aromatic heterocycles. The number of hydrogen-bond donors (Lipinski definition) is 4. The lowest BCUT2D eigenvalue weighted by atomic mass is 9.85. The van der Waals surface area contributed by atoms with E-state index in [1.165, 1.54) is 0 Å². The van der Waals surface area contributed by atoms with Crippen molar-refractivity contribution in [2.75, 3.05) is 18.9 Å². The number of anilines is 1. The van der Waals surface area contributed by atoms with Crippen molar-refractivity contribution in [1.29, 1.82) is 0 Å². The largest absolute Gasteiger partial charge is 0.481 e. The molecule has 0 aliphatic carbocycles. The van der Waals surface area contributed by atoms with Crippen molar-refractivity contribution in [2.24, 2.45) is 0 Å². The number of halogens is 2. The standard InChI is InChI=1S/C22H23Cl2N3O5/c1-27-10-16(15-8-13(23)9-18(24)17(15)11-27)12-2-4-14(5-3-12)25-22(32)26-19(21(30)31)6-7-20(28)29/h2-5,8-9,16,19H,6-7,10-11H2,1H3,(H,28,29)(H,30,31)(H2,25,26,32)/t16?,19-/m0/s1. The lowest BCUT2D eigenvalue weighted by Crippen LogP contribution is -2.43. The highest BCUT2D eigenvalue weighted by Gasteiger charge is 2.27. The number of fused-ring (bicyclic) bond motifs is 1. The van der Waals surface area contributed by atoms with Gasteiger partial charge in [-0.3, -0.25) is 4.79 Å². The van der Waals surface area contributed by atoms with Gasteiger partial charge in [0.1, 0.15) is 6.04 Å². The van der Waals surface area contributed by atoms with Crippen LogP contribution in [0.3, 0.4) is 0 Å². The number of carboxylic acid groups (broad SMARTS) is 2. The summed E-state index contributed by atoms with van der Waals surface area (Å²) in [4.78, 5) is 36.2. The van der Waals surface area contributed by atoms with Crippen LogP contribution >= 0.6 is 23.2 Å². The Morgan fingerprint density at radius 3 is 2.47 bits per heavy atom. The smallest absolute Gasteiger partial charge is 0.326 e. The van der Waals surface area contributed by atoms with E-state index in [0.717, 1.165) is 29.8 Å². The molecule has 0 spiro atoms. The molecule has 170 valence electrons. The first-order chi connectivity index (χ1) is 15.1. The number of aliphatic carboxylic acids is 2. The van der Waals surface area contributed by atoms with E-state index in [2.05, 4.69) is 15.5 Å². The second-order valence-electron chi connectivity index (χ2n) is 7.75. The van der Waals surface area contributed by atoms with Crippen molar-refractivity contribution in [3.8, 4) is 0 Å². The van der Waals surface area contributed by atoms with Crippen LogP contribution in [0.2, 0.25) is 10.0 Å². The summed E-state index contributed by atoms with van der Waals surface area (Å²) < 4.78 is 0. The van der Waals surface area contributed by atoms with Crippen LogP contribution in [0.1, 0.15) is 35.4 Å². The van der Waals surface area contributed by atoms with Gasteiger partial charge in [0.15, 0.2) is 0 Å². The highest BCUT2D eigenvalue weighted by molar-refractivity contribution is 6.35. The molecule has 2 atom stereocenters. The van der Waals surface area contributed by atoms with Crippen molar-refractivity contribution in [2.45, 2.75) is 31.3 Å². The monoisotopic (exact) mass is 479 g/mol. The van der Waals surface area contributed by atoms with E-state index in [0.29, 0.717) is 15.7 Å². The lowest BCUT2D eigenvalue weighted by Gasteiger charge is -2.33. The topological polar surface area (TPSA) is 119 Å². The zero-order valence-corrected chi connectivity index (χ0v) is 18.8. The van der Waals surface area contributed by atoms with Gasteiger partial charge in [-0.15, -0.1) is 0 Å². The summed E-state index contributed by atoms with van der Waals surface area (Å²) in [6, 6.07) is 8.87. The van der Waals surface area contributed by atoms with Gasteiger partial charge < -0.3 is 25.7 Å². The number of urea groups is 1. The summed E-state index contributed by atoms with van der Waals surface area (Å²) in [5.74, 6) is -2.38. The third kappa shape index (κ3) is 5.91. The zero-order valence-electron chi connectivity index (χ0n) is 17.3. The Morgan fingerprint density at radius 1 is 1.16 bits per heavy atom. The van der Waals surface area contributed by atoms with Crippen LogP contribution < -0.4 is 10.6 Å². The summed E-state index contributed by atoms with van der Waals surface area (Å²) in [6.45, 7) is 1.51. The molecule has 1 heterocycles. The van der Waals surface area contributed by atoms with Crippen LogP contribution in [0.4, 0.5) is 10.5 Å². The Bertz CT molecular complexity index is 1030. The van der Waals surface area contributed by atoms with E-state index >= 15 is 0 Å². The van der Waals surface area contributed by atoms with Crippen LogP contribution in [0.15, 0.2) is 36.4 Å². The van der Waals surface area contributed by atoms with E-state index < -0.39 is 24.0 Å². The van der Waals surface area contributed by atoms with Crippen LogP contribution in [0.5, 0.6) is 0 Å². The number of carboxylic acids is 2. The number of nitrogens with one attached hydrogen (secondary N) is 2. The summed E-state index contributed by atoms with van der Waals surface area (Å²) >= 11 is 12.6. The first-order valence-electron chi connectivity index (χ1n) is 9.92. The maximum Gasteiger partial charge on any atom is 0.326 e. The first-order valence-corrected chi connectivity index (χ1v) is 10.7. The molecule has 3 rings (SSSR count). The van der Waals surface area contributed by atoms with Crippen molar-refractivity contribution >= 4 is 46.9 Å². The summed E-state index contributed by atoms with van der Waals surface area (Å²) in [6.07, 6.45) is -0.575. The molecular weight excluding hydrogens is 457 g/mol. The molecule has 1 aliphatic rings. The van der Waals surface area contributed by atoms with E-state index in [9.17, 15) is 14.4 Å². The summed E-state index contributed by atoms with van der Waals surface area (Å²) in [5.41, 5.74) is 3.60. The first kappa shape index (κ1) is 23.8. The van der Waals surface area contributed by atoms with Crippen LogP contribution in [-0.4, -0.2) is 52.7 Å². The number of benzene rings is 2. The van der Waals surface area contributed by atoms with Gasteiger partial charge in [0.05, 0.1) is 0 Å². The van der Waals surface area contributed by atoms with Crippen LogP contribution in [-0.2, 0) is 16.1 Å². The molecule has 10 heteroatoms. The Labute approximate surface area is 195 Å². The van der Waals surface area contributed by atoms with E-state index in [1.807, 2.05) is 25.2 Å². The molecule has 32 heavy (non-hydrogen) atoms. The number of amides is 2. The molecule has 2 amide bonds. The second-order valence-corrected chi connectivity index (χ2v) is 8.59. The molecule has 0 fully saturated rings. The molecule has 8 nitrogen and oxygen atoms in total. The number of hydrogen-bond acceptors (Lipinski definition) is 4. The molecule has 1 aliphatic heterocycles. The zero-order chi connectivity index (χ0) is 23.4. The minimum Gasteiger partial charge on any atom is -0.481 e. The van der Waals surface area contributed by atoms with Crippen LogP contribution in [0, 0.1) is 0 Å². The van der Waals surface area contributed by atoms with Gasteiger partial charge in [-0.2, -0.15) is 0 Å². The Hall–Kier alpha value is -2.81. The predicted octanol–water partition coefficient (Wildman–Crippen LogP) is 4.01. The second kappa shape index (κ2) is 10.2. The minimum absolute atomic E-state index is 0.0511. The SMILES string of the molecule is CN1Cc2c(Cl)cc(Cl)cc2C(c2ccc(NC(=O)N[C@@H](CCC(=O)O)C(=O)O)cc2)C1. The Morgan fingerprint density at radius 2 is 1.84 bits per heavy atom. The number of carbonyl (C=O) groups is 3. The van der Waals surface area contributed by atoms with Crippen LogP contribution in [0.25, 0.3) is 0 Å². The van der Waals surface area contributed by atoms with E-state index in [-0.39, 0.29) is 18.8 Å². The number of likely N-dealkylation sites (N-methyl/N-ethyl adjacent to an activating group) is 1. The van der Waals surface area contributed by atoms with Gasteiger partial charge >= 0.3 is 18.0 Å². The molecule has 2 aromatic carbocycles. The third-order valence-electron chi connectivity index (χ3n) is 5.31. The number of rotatable bonds is 7. The maximum absolute atomic E-state index is 12.2. The van der Waals surface area contributed by atoms with Gasteiger partial charge in [0, 0.05) is 41.2 Å². The van der Waals surface area contributed by atoms with Gasteiger partial charge in [0.2, 0.25) is 0 Å². The molecule has 0 bridgehead atoms. The third-order valence-corrected chi connectivity index (χ3v) is 5.87. The van der Waals surface area contributed by atoms with Gasteiger partial charge in [-0.1, -0.05) is 35.3 Å². The van der Waals surface area contributed by atoms with Gasteiger partial charge in [0.25, 0.3) is 0 Å². The molecular formula is C22H23Cl2N3O5. The fraction of sp³-hybridized carbons (Fsp3) is 0.318. The lowest BCUT2D eigenvalue weighted by molar-refractivity contribution is -0.140. The Kier molecular flexibility index (Phi) is 7.60. The highest BCUT2D eigenvalue weighted by atomic mass is 35.5. The highest BCUT2D eigenvalue weighted by Crippen LogP contribution is 2.38. The van der Waals surface area contributed by atoms with Crippen molar-refractivity contribution in [1.82, 2.24) is 10.2 Å². The minimum atomic E-state index is -1.30. The maximum atomic E-state index is 12.2. The predicted molar refractivity (Wildman–Crippen MR) is 122 cm³/mol.